The minimum absolute atomic E-state index is 0.660. The van der Waals surface area contributed by atoms with Gasteiger partial charge in [-0.3, -0.25) is 0 Å². The van der Waals surface area contributed by atoms with Gasteiger partial charge in [0.1, 0.15) is 0 Å². The first kappa shape index (κ1) is 9.68. The molecule has 0 radical (unpaired) electrons. The number of anilines is 1. The molecule has 14 heavy (non-hydrogen) atoms. The third kappa shape index (κ3) is 2.13. The number of hydrogen-bond acceptors (Lipinski definition) is 4. The van der Waals surface area contributed by atoms with Crippen molar-refractivity contribution in [2.45, 2.75) is 19.8 Å². The van der Waals surface area contributed by atoms with Crippen LogP contribution < -0.4 is 5.73 Å². The molecule has 74 valence electrons. The van der Waals surface area contributed by atoms with E-state index in [-0.39, 0.29) is 0 Å². The van der Waals surface area contributed by atoms with Crippen LogP contribution in [0.2, 0.25) is 0 Å². The zero-order valence-electron chi connectivity index (χ0n) is 7.99. The zero-order valence-corrected chi connectivity index (χ0v) is 9.62. The molecular formula is C10H12N2S2. The lowest BCUT2D eigenvalue weighted by Crippen LogP contribution is -1.77. The molecule has 0 bridgehead atoms. The van der Waals surface area contributed by atoms with Crippen molar-refractivity contribution in [3.63, 3.8) is 0 Å². The Bertz CT molecular complexity index is 417. The molecule has 4 heteroatoms. The Kier molecular flexibility index (Phi) is 2.84. The minimum atomic E-state index is 0.660. The van der Waals surface area contributed by atoms with Crippen LogP contribution in [0.5, 0.6) is 0 Å². The van der Waals surface area contributed by atoms with E-state index < -0.39 is 0 Å². The van der Waals surface area contributed by atoms with Crippen LogP contribution in [0.4, 0.5) is 5.13 Å². The van der Waals surface area contributed by atoms with E-state index in [1.165, 1.54) is 14.6 Å². The van der Waals surface area contributed by atoms with Crippen LogP contribution in [0.1, 0.15) is 21.6 Å². The molecule has 0 amide bonds. The average molecular weight is 224 g/mol. The third-order valence-electron chi connectivity index (χ3n) is 1.99. The fourth-order valence-electron chi connectivity index (χ4n) is 1.28. The maximum absolute atomic E-state index is 5.57. The monoisotopic (exact) mass is 224 g/mol. The van der Waals surface area contributed by atoms with Gasteiger partial charge >= 0.3 is 0 Å². The smallest absolute Gasteiger partial charge is 0.180 e. The molecule has 0 saturated carbocycles. The van der Waals surface area contributed by atoms with E-state index in [2.05, 4.69) is 24.0 Å². The van der Waals surface area contributed by atoms with Crippen LogP contribution in [-0.2, 0) is 12.8 Å². The number of nitrogens with zero attached hydrogens (tertiary/aromatic N) is 1. The van der Waals surface area contributed by atoms with Crippen LogP contribution >= 0.6 is 22.7 Å². The Morgan fingerprint density at radius 2 is 2.00 bits per heavy atom. The highest BCUT2D eigenvalue weighted by Crippen LogP contribution is 2.23. The number of nitrogen functional groups attached to an aromatic ring is 1. The van der Waals surface area contributed by atoms with Gasteiger partial charge in [-0.25, -0.2) is 4.98 Å². The molecule has 0 aliphatic carbocycles. The summed E-state index contributed by atoms with van der Waals surface area (Å²) in [4.78, 5) is 8.12. The summed E-state index contributed by atoms with van der Waals surface area (Å²) in [5.74, 6) is 0. The normalized spacial score (nSPS) is 10.6. The molecule has 0 unspecified atom stereocenters. The largest absolute Gasteiger partial charge is 0.375 e. The van der Waals surface area contributed by atoms with E-state index in [1.54, 1.807) is 11.3 Å². The fraction of sp³-hybridized carbons (Fsp3) is 0.300. The highest BCUT2D eigenvalue weighted by molar-refractivity contribution is 7.15. The second kappa shape index (κ2) is 4.11. The number of aryl methyl sites for hydroxylation is 1. The van der Waals surface area contributed by atoms with Gasteiger partial charge in [0.2, 0.25) is 0 Å². The molecule has 0 aromatic carbocycles. The van der Waals surface area contributed by atoms with E-state index in [4.69, 9.17) is 5.73 Å². The number of thiazole rings is 1. The summed E-state index contributed by atoms with van der Waals surface area (Å²) >= 11 is 3.45. The van der Waals surface area contributed by atoms with Crippen molar-refractivity contribution in [2.24, 2.45) is 0 Å². The number of aromatic nitrogens is 1. The van der Waals surface area contributed by atoms with Gasteiger partial charge < -0.3 is 5.73 Å². The van der Waals surface area contributed by atoms with Crippen LogP contribution in [0.25, 0.3) is 0 Å². The third-order valence-corrected chi connectivity index (χ3v) is 4.04. The Labute approximate surface area is 91.4 Å². The van der Waals surface area contributed by atoms with Gasteiger partial charge in [-0.2, -0.15) is 0 Å². The van der Waals surface area contributed by atoms with Gasteiger partial charge in [-0.05, 0) is 18.6 Å². The summed E-state index contributed by atoms with van der Waals surface area (Å²) in [5, 5.41) is 0.660. The van der Waals surface area contributed by atoms with E-state index in [9.17, 15) is 0 Å². The fourth-order valence-corrected chi connectivity index (χ4v) is 3.06. The highest BCUT2D eigenvalue weighted by atomic mass is 32.1. The first-order chi connectivity index (χ1) is 6.78. The summed E-state index contributed by atoms with van der Waals surface area (Å²) in [5.41, 5.74) is 5.57. The lowest BCUT2D eigenvalue weighted by atomic mass is 10.3. The zero-order chi connectivity index (χ0) is 9.97. The summed E-state index contributed by atoms with van der Waals surface area (Å²) in [7, 11) is 0. The summed E-state index contributed by atoms with van der Waals surface area (Å²) < 4.78 is 0. The van der Waals surface area contributed by atoms with E-state index in [0.717, 1.165) is 12.8 Å². The second-order valence-electron chi connectivity index (χ2n) is 3.06. The van der Waals surface area contributed by atoms with E-state index in [1.807, 2.05) is 17.5 Å². The van der Waals surface area contributed by atoms with Gasteiger partial charge in [0.15, 0.2) is 5.13 Å². The number of thiophene rings is 1. The number of nitrogens with two attached hydrogens (primary N) is 1. The average Bonchev–Trinajstić information content (AvgIpc) is 2.76. The number of hydrogen-bond donors (Lipinski definition) is 1. The minimum Gasteiger partial charge on any atom is -0.375 e. The maximum atomic E-state index is 5.57. The lowest BCUT2D eigenvalue weighted by molar-refractivity contribution is 1.19. The molecule has 2 aromatic rings. The van der Waals surface area contributed by atoms with Gasteiger partial charge in [0, 0.05) is 27.2 Å². The quantitative estimate of drug-likeness (QED) is 0.870. The first-order valence-corrected chi connectivity index (χ1v) is 6.19. The van der Waals surface area contributed by atoms with Crippen LogP contribution in [0.15, 0.2) is 18.3 Å². The molecule has 0 saturated heterocycles. The summed E-state index contributed by atoms with van der Waals surface area (Å²) in [6.07, 6.45) is 3.96. The van der Waals surface area contributed by atoms with Crippen molar-refractivity contribution in [3.8, 4) is 0 Å². The predicted octanol–water partition coefficient (Wildman–Crippen LogP) is 2.94. The van der Waals surface area contributed by atoms with Crippen LogP contribution in [-0.4, -0.2) is 4.98 Å². The topological polar surface area (TPSA) is 38.9 Å². The van der Waals surface area contributed by atoms with Gasteiger partial charge in [-0.15, -0.1) is 22.7 Å². The van der Waals surface area contributed by atoms with Crippen molar-refractivity contribution in [1.29, 1.82) is 0 Å². The molecule has 2 nitrogen and oxygen atoms in total. The van der Waals surface area contributed by atoms with Gasteiger partial charge in [0.05, 0.1) is 0 Å². The molecule has 0 aliphatic rings. The first-order valence-electron chi connectivity index (χ1n) is 4.55. The SMILES string of the molecule is CCc1ccc(Cc2cnc(N)s2)s1. The highest BCUT2D eigenvalue weighted by Gasteiger charge is 2.03. The van der Waals surface area contributed by atoms with Crippen LogP contribution in [0.3, 0.4) is 0 Å². The van der Waals surface area contributed by atoms with Crippen molar-refractivity contribution >= 4 is 27.8 Å². The maximum Gasteiger partial charge on any atom is 0.180 e. The standard InChI is InChI=1S/C10H12N2S2/c1-2-7-3-4-8(13-7)5-9-6-12-10(11)14-9/h3-4,6H,2,5H2,1H3,(H2,11,12). The molecule has 2 rings (SSSR count). The second-order valence-corrected chi connectivity index (χ2v) is 5.46. The molecular weight excluding hydrogens is 212 g/mol. The van der Waals surface area contributed by atoms with Gasteiger partial charge in [0.25, 0.3) is 0 Å². The molecule has 0 aliphatic heterocycles. The Morgan fingerprint density at radius 3 is 2.57 bits per heavy atom. The molecule has 0 fully saturated rings. The Hall–Kier alpha value is -0.870. The van der Waals surface area contributed by atoms with E-state index >= 15 is 0 Å². The predicted molar refractivity (Wildman–Crippen MR) is 63.0 cm³/mol. The summed E-state index contributed by atoms with van der Waals surface area (Å²) in [6.45, 7) is 2.18. The molecule has 0 spiro atoms. The lowest BCUT2D eigenvalue weighted by Gasteiger charge is -1.90. The number of rotatable bonds is 3. The Morgan fingerprint density at radius 1 is 1.21 bits per heavy atom. The van der Waals surface area contributed by atoms with E-state index in [0.29, 0.717) is 5.13 Å². The Balaban J connectivity index is 2.10. The molecule has 0 atom stereocenters. The van der Waals surface area contributed by atoms with Crippen molar-refractivity contribution in [3.05, 3.63) is 33.0 Å². The van der Waals surface area contributed by atoms with Crippen LogP contribution in [0, 0.1) is 0 Å². The molecule has 2 heterocycles. The summed E-state index contributed by atoms with van der Waals surface area (Å²) in [6, 6.07) is 4.39. The van der Waals surface area contributed by atoms with Crippen molar-refractivity contribution in [1.82, 2.24) is 4.98 Å². The van der Waals surface area contributed by atoms with Crippen molar-refractivity contribution in [2.75, 3.05) is 5.73 Å². The molecule has 2 N–H and O–H groups in total. The van der Waals surface area contributed by atoms with Crippen molar-refractivity contribution < 1.29 is 0 Å². The van der Waals surface area contributed by atoms with Gasteiger partial charge in [-0.1, -0.05) is 6.92 Å². The molecule has 2 aromatic heterocycles.